The molecule has 43 heavy (non-hydrogen) atoms. The van der Waals surface area contributed by atoms with Gasteiger partial charge in [-0.25, -0.2) is 23.4 Å². The molecule has 0 aliphatic heterocycles. The van der Waals surface area contributed by atoms with Gasteiger partial charge in [0.05, 0.1) is 29.1 Å². The number of anilines is 3. The standard InChI is InChI=1S/C28H27N7O.C5H6F2/c1-4-26(36)30-22-8-7-9-23(18-22)35-27(25-10-5-6-17-34(25)35)24-15-16-29-28(32-24)31-21-13-11-20(12-14-21)19-33(2)3;1-5(7)3-2-4-6/h4-18H,1,19H2,2-3H3,(H,30,36)(H,29,31,32);2-4H,1H3/b;4-2-,5-3+. The Hall–Kier alpha value is -5.35. The van der Waals surface area contributed by atoms with Crippen molar-refractivity contribution in [1.82, 2.24) is 24.1 Å². The summed E-state index contributed by atoms with van der Waals surface area (Å²) in [7, 11) is 4.10. The first-order valence-corrected chi connectivity index (χ1v) is 13.4. The van der Waals surface area contributed by atoms with Gasteiger partial charge in [0.1, 0.15) is 5.69 Å². The summed E-state index contributed by atoms with van der Waals surface area (Å²) in [5.41, 5.74) is 6.48. The Morgan fingerprint density at radius 3 is 2.51 bits per heavy atom. The fraction of sp³-hybridized carbons (Fsp3) is 0.121. The van der Waals surface area contributed by atoms with Crippen molar-refractivity contribution in [2.45, 2.75) is 13.5 Å². The molecule has 0 radical (unpaired) electrons. The molecule has 0 saturated heterocycles. The number of amides is 1. The van der Waals surface area contributed by atoms with E-state index in [1.807, 2.05) is 71.4 Å². The van der Waals surface area contributed by atoms with Crippen molar-refractivity contribution in [3.05, 3.63) is 128 Å². The van der Waals surface area contributed by atoms with E-state index in [-0.39, 0.29) is 12.2 Å². The SMILES string of the molecule is C/C(F)=C\C=C/F.C=CC(=O)Nc1cccc(-n2c(-c3ccnc(Nc4ccc(CN(C)C)cc4)n3)c3ccccn32)c1. The van der Waals surface area contributed by atoms with Crippen LogP contribution in [0.3, 0.4) is 0 Å². The molecule has 2 N–H and O–H groups in total. The minimum Gasteiger partial charge on any atom is -0.324 e. The number of allylic oxidation sites excluding steroid dienone is 3. The van der Waals surface area contributed by atoms with Gasteiger partial charge in [-0.1, -0.05) is 30.8 Å². The van der Waals surface area contributed by atoms with E-state index in [1.165, 1.54) is 18.6 Å². The second kappa shape index (κ2) is 14.5. The number of rotatable bonds is 9. The van der Waals surface area contributed by atoms with Crippen LogP contribution in [0.15, 0.2) is 122 Å². The Bertz CT molecular complexity index is 1750. The number of hydrogen-bond donors (Lipinski definition) is 2. The maximum Gasteiger partial charge on any atom is 0.247 e. The van der Waals surface area contributed by atoms with Gasteiger partial charge < -0.3 is 15.5 Å². The molecule has 0 saturated carbocycles. The van der Waals surface area contributed by atoms with Gasteiger partial charge in [-0.05, 0) is 93.3 Å². The fourth-order valence-corrected chi connectivity index (χ4v) is 4.28. The summed E-state index contributed by atoms with van der Waals surface area (Å²) in [5, 5.41) is 6.14. The molecule has 0 aliphatic rings. The van der Waals surface area contributed by atoms with Crippen LogP contribution < -0.4 is 10.6 Å². The number of benzene rings is 2. The molecule has 3 aromatic heterocycles. The molecule has 220 valence electrons. The number of aromatic nitrogens is 4. The minimum absolute atomic E-state index is 0.255. The lowest BCUT2D eigenvalue weighted by Gasteiger charge is -2.25. The third-order valence-corrected chi connectivity index (χ3v) is 6.06. The quantitative estimate of drug-likeness (QED) is 0.140. The maximum atomic E-state index is 11.8. The van der Waals surface area contributed by atoms with Crippen molar-refractivity contribution in [3.63, 3.8) is 0 Å². The van der Waals surface area contributed by atoms with E-state index in [0.29, 0.717) is 11.6 Å². The summed E-state index contributed by atoms with van der Waals surface area (Å²) in [5.74, 6) is -0.134. The molecule has 10 heteroatoms. The van der Waals surface area contributed by atoms with Gasteiger partial charge in [0, 0.05) is 30.3 Å². The first-order valence-electron chi connectivity index (χ1n) is 13.4. The fourth-order valence-electron chi connectivity index (χ4n) is 4.28. The van der Waals surface area contributed by atoms with Gasteiger partial charge in [0.25, 0.3) is 0 Å². The summed E-state index contributed by atoms with van der Waals surface area (Å²) in [4.78, 5) is 23.2. The number of nitrogens with one attached hydrogen (secondary N) is 2. The van der Waals surface area contributed by atoms with Gasteiger partial charge >= 0.3 is 0 Å². The highest BCUT2D eigenvalue weighted by Gasteiger charge is 2.20. The van der Waals surface area contributed by atoms with Crippen LogP contribution in [0, 0.1) is 0 Å². The average molecular weight is 582 g/mol. The first-order chi connectivity index (χ1) is 20.8. The highest BCUT2D eigenvalue weighted by molar-refractivity contribution is 5.99. The molecule has 0 atom stereocenters. The summed E-state index contributed by atoms with van der Waals surface area (Å²) < 4.78 is 26.6. The average Bonchev–Trinajstić information content (AvgIpc) is 2.98. The Morgan fingerprint density at radius 1 is 1.05 bits per heavy atom. The zero-order chi connectivity index (χ0) is 30.8. The lowest BCUT2D eigenvalue weighted by molar-refractivity contribution is -0.111. The molecular formula is C33H33F2N7O. The molecule has 3 heterocycles. The third-order valence-electron chi connectivity index (χ3n) is 6.06. The number of hydrogen-bond acceptors (Lipinski definition) is 5. The predicted molar refractivity (Wildman–Crippen MR) is 169 cm³/mol. The van der Waals surface area contributed by atoms with Crippen LogP contribution in [0.4, 0.5) is 26.1 Å². The van der Waals surface area contributed by atoms with E-state index in [9.17, 15) is 13.6 Å². The Morgan fingerprint density at radius 2 is 1.84 bits per heavy atom. The van der Waals surface area contributed by atoms with Crippen molar-refractivity contribution in [2.75, 3.05) is 24.7 Å². The van der Waals surface area contributed by atoms with Crippen LogP contribution >= 0.6 is 0 Å². The van der Waals surface area contributed by atoms with Gasteiger partial charge in [-0.15, -0.1) is 0 Å². The van der Waals surface area contributed by atoms with E-state index in [2.05, 4.69) is 58.0 Å². The van der Waals surface area contributed by atoms with Crippen molar-refractivity contribution in [3.8, 4) is 17.1 Å². The summed E-state index contributed by atoms with van der Waals surface area (Å²) in [6.07, 6.45) is 7.31. The third kappa shape index (κ3) is 8.11. The molecule has 0 unspecified atom stereocenters. The largest absolute Gasteiger partial charge is 0.324 e. The molecule has 0 aliphatic carbocycles. The number of pyridine rings is 1. The van der Waals surface area contributed by atoms with Gasteiger partial charge in [0.15, 0.2) is 0 Å². The molecule has 5 rings (SSSR count). The number of carbonyl (C=O) groups excluding carboxylic acids is 1. The van der Waals surface area contributed by atoms with Crippen LogP contribution in [-0.2, 0) is 11.3 Å². The Labute approximate surface area is 249 Å². The zero-order valence-corrected chi connectivity index (χ0v) is 24.2. The molecule has 8 nitrogen and oxygen atoms in total. The van der Waals surface area contributed by atoms with Crippen molar-refractivity contribution in [1.29, 1.82) is 0 Å². The van der Waals surface area contributed by atoms with E-state index < -0.39 is 5.83 Å². The number of nitrogens with zero attached hydrogens (tertiary/aromatic N) is 5. The number of fused-ring (bicyclic) bond motifs is 1. The van der Waals surface area contributed by atoms with Gasteiger partial charge in [-0.2, -0.15) is 0 Å². The number of carbonyl (C=O) groups is 1. The molecule has 0 spiro atoms. The van der Waals surface area contributed by atoms with E-state index in [1.54, 1.807) is 6.20 Å². The van der Waals surface area contributed by atoms with E-state index in [4.69, 9.17) is 4.98 Å². The normalized spacial score (nSPS) is 11.4. The van der Waals surface area contributed by atoms with Crippen LogP contribution in [-0.4, -0.2) is 44.1 Å². The maximum absolute atomic E-state index is 11.8. The van der Waals surface area contributed by atoms with Crippen molar-refractivity contribution in [2.24, 2.45) is 0 Å². The van der Waals surface area contributed by atoms with Crippen molar-refractivity contribution < 1.29 is 13.6 Å². The monoisotopic (exact) mass is 581 g/mol. The lowest BCUT2D eigenvalue weighted by atomic mass is 10.2. The van der Waals surface area contributed by atoms with Crippen LogP contribution in [0.25, 0.3) is 22.6 Å². The van der Waals surface area contributed by atoms with Crippen molar-refractivity contribution >= 4 is 28.7 Å². The molecule has 0 fully saturated rings. The minimum atomic E-state index is -0.395. The van der Waals surface area contributed by atoms with Crippen LogP contribution in [0.5, 0.6) is 0 Å². The van der Waals surface area contributed by atoms with Crippen LogP contribution in [0.1, 0.15) is 12.5 Å². The van der Waals surface area contributed by atoms with Crippen LogP contribution in [0.2, 0.25) is 0 Å². The first kappa shape index (κ1) is 30.6. The second-order valence-corrected chi connectivity index (χ2v) is 9.73. The van der Waals surface area contributed by atoms with Gasteiger partial charge in [-0.3, -0.25) is 9.31 Å². The zero-order valence-electron chi connectivity index (χ0n) is 24.2. The van der Waals surface area contributed by atoms with E-state index in [0.717, 1.165) is 47.0 Å². The topological polar surface area (TPSA) is 79.5 Å². The number of halogens is 2. The summed E-state index contributed by atoms with van der Waals surface area (Å²) in [6.45, 7) is 5.66. The predicted octanol–water partition coefficient (Wildman–Crippen LogP) is 7.46. The molecule has 2 aromatic carbocycles. The molecular weight excluding hydrogens is 548 g/mol. The van der Waals surface area contributed by atoms with E-state index >= 15 is 0 Å². The summed E-state index contributed by atoms with van der Waals surface area (Å²) >= 11 is 0. The molecule has 0 bridgehead atoms. The second-order valence-electron chi connectivity index (χ2n) is 9.73. The smallest absolute Gasteiger partial charge is 0.247 e. The molecule has 1 amide bonds. The highest BCUT2D eigenvalue weighted by Crippen LogP contribution is 2.32. The lowest BCUT2D eigenvalue weighted by Crippen LogP contribution is -2.19. The molecule has 5 aromatic rings. The Kier molecular flexibility index (Phi) is 10.3. The van der Waals surface area contributed by atoms with Gasteiger partial charge in [0.2, 0.25) is 11.9 Å². The highest BCUT2D eigenvalue weighted by atomic mass is 19.1. The summed E-state index contributed by atoms with van der Waals surface area (Å²) in [6, 6.07) is 23.8. The Balaban J connectivity index is 0.000000541.